The number of hydrogen-bond acceptors (Lipinski definition) is 2. The molecule has 0 amide bonds. The Hall–Kier alpha value is -3.62. The van der Waals surface area contributed by atoms with Gasteiger partial charge in [0.1, 0.15) is 0 Å². The zero-order valence-electron chi connectivity index (χ0n) is 17.2. The van der Waals surface area contributed by atoms with Gasteiger partial charge < -0.3 is 5.73 Å². The number of aryl methyl sites for hydroxylation is 1. The van der Waals surface area contributed by atoms with Crippen LogP contribution in [0, 0.1) is 6.92 Å². The molecule has 1 heterocycles. The van der Waals surface area contributed by atoms with Crippen LogP contribution in [0.2, 0.25) is 0 Å². The number of nitrogens with two attached hydrogens (primary N) is 1. The Bertz CT molecular complexity index is 1610. The lowest BCUT2D eigenvalue weighted by Crippen LogP contribution is -1.91. The molecular formula is C29H21NS. The van der Waals surface area contributed by atoms with E-state index < -0.39 is 0 Å². The van der Waals surface area contributed by atoms with E-state index in [1.807, 2.05) is 11.3 Å². The quantitative estimate of drug-likeness (QED) is 0.282. The first-order valence-corrected chi connectivity index (χ1v) is 11.3. The van der Waals surface area contributed by atoms with Crippen LogP contribution in [0.3, 0.4) is 0 Å². The van der Waals surface area contributed by atoms with Crippen molar-refractivity contribution >= 4 is 48.0 Å². The van der Waals surface area contributed by atoms with E-state index in [9.17, 15) is 0 Å². The fourth-order valence-corrected chi connectivity index (χ4v) is 5.71. The monoisotopic (exact) mass is 415 g/mol. The van der Waals surface area contributed by atoms with Crippen LogP contribution in [-0.4, -0.2) is 0 Å². The highest BCUT2D eigenvalue weighted by molar-refractivity contribution is 7.26. The van der Waals surface area contributed by atoms with Gasteiger partial charge >= 0.3 is 0 Å². The average molecular weight is 416 g/mol. The highest BCUT2D eigenvalue weighted by Crippen LogP contribution is 2.40. The first-order valence-electron chi connectivity index (χ1n) is 10.5. The Morgan fingerprint density at radius 3 is 2.29 bits per heavy atom. The molecule has 1 aromatic heterocycles. The lowest BCUT2D eigenvalue weighted by Gasteiger charge is -2.10. The molecule has 0 fully saturated rings. The highest BCUT2D eigenvalue weighted by atomic mass is 32.1. The predicted molar refractivity (Wildman–Crippen MR) is 137 cm³/mol. The maximum Gasteiger partial charge on any atom is 0.0433 e. The maximum absolute atomic E-state index is 6.39. The van der Waals surface area contributed by atoms with E-state index in [4.69, 9.17) is 5.73 Å². The summed E-state index contributed by atoms with van der Waals surface area (Å²) in [4.78, 5) is 0. The van der Waals surface area contributed by atoms with Crippen molar-refractivity contribution in [2.75, 3.05) is 5.73 Å². The van der Waals surface area contributed by atoms with Gasteiger partial charge in [-0.1, -0.05) is 78.9 Å². The molecule has 0 aliphatic carbocycles. The molecule has 2 N–H and O–H groups in total. The predicted octanol–water partition coefficient (Wildman–Crippen LogP) is 8.43. The second-order valence-electron chi connectivity index (χ2n) is 8.09. The van der Waals surface area contributed by atoms with Crippen molar-refractivity contribution in [3.8, 4) is 22.3 Å². The van der Waals surface area contributed by atoms with E-state index in [0.29, 0.717) is 0 Å². The summed E-state index contributed by atoms with van der Waals surface area (Å²) >= 11 is 1.87. The van der Waals surface area contributed by atoms with E-state index in [0.717, 1.165) is 16.6 Å². The fraction of sp³-hybridized carbons (Fsp3) is 0.0345. The van der Waals surface area contributed by atoms with Crippen molar-refractivity contribution in [1.82, 2.24) is 0 Å². The van der Waals surface area contributed by atoms with Gasteiger partial charge in [0.25, 0.3) is 0 Å². The van der Waals surface area contributed by atoms with Crippen LogP contribution in [0.25, 0.3) is 53.2 Å². The summed E-state index contributed by atoms with van der Waals surface area (Å²) in [5.74, 6) is 0. The van der Waals surface area contributed by atoms with Gasteiger partial charge in [-0.3, -0.25) is 0 Å². The normalized spacial score (nSPS) is 11.5. The highest BCUT2D eigenvalue weighted by Gasteiger charge is 2.11. The average Bonchev–Trinajstić information content (AvgIpc) is 3.20. The van der Waals surface area contributed by atoms with Gasteiger partial charge in [0, 0.05) is 31.2 Å². The molecule has 6 aromatic rings. The first kappa shape index (κ1) is 18.2. The molecule has 148 valence electrons. The van der Waals surface area contributed by atoms with Crippen molar-refractivity contribution in [3.05, 3.63) is 103 Å². The standard InChI is InChI=1S/C29H21NS/c1-18-12-13-19-14-15-21(17-26(19)28(18)30)20-6-4-7-22(16-20)23-9-5-10-25-24-8-2-3-11-27(24)31-29(23)25/h2-17H,30H2,1H3. The molecule has 31 heavy (non-hydrogen) atoms. The Balaban J connectivity index is 1.53. The Kier molecular flexibility index (Phi) is 4.09. The molecule has 0 radical (unpaired) electrons. The van der Waals surface area contributed by atoms with Crippen LogP contribution in [0.1, 0.15) is 5.56 Å². The maximum atomic E-state index is 6.39. The van der Waals surface area contributed by atoms with E-state index in [1.54, 1.807) is 0 Å². The molecule has 0 aliphatic rings. The molecule has 0 bridgehead atoms. The molecule has 0 aliphatic heterocycles. The molecule has 5 aromatic carbocycles. The third-order valence-electron chi connectivity index (χ3n) is 6.19. The lowest BCUT2D eigenvalue weighted by molar-refractivity contribution is 1.50. The van der Waals surface area contributed by atoms with Gasteiger partial charge in [-0.15, -0.1) is 11.3 Å². The number of nitrogen functional groups attached to an aromatic ring is 1. The minimum absolute atomic E-state index is 0.866. The number of hydrogen-bond donors (Lipinski definition) is 1. The molecule has 0 unspecified atom stereocenters. The molecule has 1 nitrogen and oxygen atoms in total. The van der Waals surface area contributed by atoms with Crippen LogP contribution in [-0.2, 0) is 0 Å². The Morgan fingerprint density at radius 1 is 0.613 bits per heavy atom. The van der Waals surface area contributed by atoms with Crippen LogP contribution >= 0.6 is 11.3 Å². The smallest absolute Gasteiger partial charge is 0.0433 e. The zero-order valence-corrected chi connectivity index (χ0v) is 18.0. The molecule has 6 rings (SSSR count). The second kappa shape index (κ2) is 6.97. The minimum Gasteiger partial charge on any atom is -0.398 e. The molecule has 0 saturated heterocycles. The summed E-state index contributed by atoms with van der Waals surface area (Å²) in [5.41, 5.74) is 13.3. The summed E-state index contributed by atoms with van der Waals surface area (Å²) in [6, 6.07) is 35.0. The van der Waals surface area contributed by atoms with Gasteiger partial charge in [-0.2, -0.15) is 0 Å². The van der Waals surface area contributed by atoms with Crippen molar-refractivity contribution in [1.29, 1.82) is 0 Å². The lowest BCUT2D eigenvalue weighted by atomic mass is 9.95. The zero-order chi connectivity index (χ0) is 20.9. The summed E-state index contributed by atoms with van der Waals surface area (Å²) in [6.07, 6.45) is 0. The van der Waals surface area contributed by atoms with Crippen molar-refractivity contribution in [2.45, 2.75) is 6.92 Å². The van der Waals surface area contributed by atoms with Gasteiger partial charge in [0.2, 0.25) is 0 Å². The summed E-state index contributed by atoms with van der Waals surface area (Å²) in [6.45, 7) is 2.06. The van der Waals surface area contributed by atoms with Gasteiger partial charge in [0.05, 0.1) is 0 Å². The molecule has 0 saturated carbocycles. The Labute approximate surface area is 185 Å². The van der Waals surface area contributed by atoms with Crippen molar-refractivity contribution in [3.63, 3.8) is 0 Å². The molecule has 0 spiro atoms. The van der Waals surface area contributed by atoms with E-state index in [2.05, 4.69) is 104 Å². The van der Waals surface area contributed by atoms with Crippen LogP contribution < -0.4 is 5.73 Å². The van der Waals surface area contributed by atoms with Gasteiger partial charge in [-0.25, -0.2) is 0 Å². The molecular weight excluding hydrogens is 394 g/mol. The van der Waals surface area contributed by atoms with Crippen LogP contribution in [0.5, 0.6) is 0 Å². The SMILES string of the molecule is Cc1ccc2ccc(-c3cccc(-c4cccc5c4sc4ccccc45)c3)cc2c1N. The number of benzene rings is 5. The third-order valence-corrected chi connectivity index (χ3v) is 7.41. The first-order chi connectivity index (χ1) is 15.2. The van der Waals surface area contributed by atoms with Gasteiger partial charge in [-0.05, 0) is 58.3 Å². The number of fused-ring (bicyclic) bond motifs is 4. The Morgan fingerprint density at radius 2 is 1.35 bits per heavy atom. The number of rotatable bonds is 2. The molecule has 2 heteroatoms. The van der Waals surface area contributed by atoms with E-state index in [-0.39, 0.29) is 0 Å². The van der Waals surface area contributed by atoms with Crippen LogP contribution in [0.4, 0.5) is 5.69 Å². The molecule has 0 atom stereocenters. The number of thiophene rings is 1. The third kappa shape index (κ3) is 2.91. The summed E-state index contributed by atoms with van der Waals surface area (Å²) in [7, 11) is 0. The van der Waals surface area contributed by atoms with E-state index in [1.165, 1.54) is 47.8 Å². The van der Waals surface area contributed by atoms with Crippen molar-refractivity contribution in [2.24, 2.45) is 0 Å². The summed E-state index contributed by atoms with van der Waals surface area (Å²) < 4.78 is 2.68. The van der Waals surface area contributed by atoms with Gasteiger partial charge in [0.15, 0.2) is 0 Å². The van der Waals surface area contributed by atoms with Crippen molar-refractivity contribution < 1.29 is 0 Å². The van der Waals surface area contributed by atoms with Crippen LogP contribution in [0.15, 0.2) is 97.1 Å². The minimum atomic E-state index is 0.866. The fourth-order valence-electron chi connectivity index (χ4n) is 4.47. The van der Waals surface area contributed by atoms with E-state index >= 15 is 0 Å². The second-order valence-corrected chi connectivity index (χ2v) is 9.15. The summed E-state index contributed by atoms with van der Waals surface area (Å²) in [5, 5.41) is 4.96. The topological polar surface area (TPSA) is 26.0 Å². The number of anilines is 1. The largest absolute Gasteiger partial charge is 0.398 e.